The number of rotatable bonds is 3. The van der Waals surface area contributed by atoms with Crippen molar-refractivity contribution in [1.29, 1.82) is 0 Å². The van der Waals surface area contributed by atoms with Gasteiger partial charge in [-0.3, -0.25) is 4.79 Å². The maximum atomic E-state index is 13.0. The molecule has 1 aromatic heterocycles. The van der Waals surface area contributed by atoms with Crippen molar-refractivity contribution in [3.05, 3.63) is 24.3 Å². The van der Waals surface area contributed by atoms with E-state index < -0.39 is 0 Å². The highest BCUT2D eigenvalue weighted by Gasteiger charge is 2.33. The predicted molar refractivity (Wildman–Crippen MR) is 113 cm³/mol. The van der Waals surface area contributed by atoms with E-state index in [1.807, 2.05) is 0 Å². The van der Waals surface area contributed by atoms with E-state index in [4.69, 9.17) is 4.98 Å². The number of imidazole rings is 1. The van der Waals surface area contributed by atoms with Crippen molar-refractivity contribution in [2.24, 2.45) is 5.92 Å². The van der Waals surface area contributed by atoms with Crippen molar-refractivity contribution in [3.8, 4) is 0 Å². The minimum Gasteiger partial charge on any atom is -0.342 e. The standard InChI is InChI=1S/C23H32N4O/c28-22(25-14-6-7-15-25)18-9-8-16-26(17-18)23-24-20-12-4-5-13-21(20)27(23)19-10-2-1-3-11-19/h4-5,12-13,18-19H,1-3,6-11,14-17H2. The third-order valence-corrected chi connectivity index (χ3v) is 6.99. The Balaban J connectivity index is 1.45. The number of para-hydroxylation sites is 2. The van der Waals surface area contributed by atoms with Crippen LogP contribution in [0.25, 0.3) is 11.0 Å². The summed E-state index contributed by atoms with van der Waals surface area (Å²) in [4.78, 5) is 22.6. The quantitative estimate of drug-likeness (QED) is 0.793. The molecule has 0 radical (unpaired) electrons. The normalized spacial score (nSPS) is 24.2. The van der Waals surface area contributed by atoms with E-state index in [1.165, 1.54) is 50.5 Å². The molecule has 3 fully saturated rings. The number of hydrogen-bond acceptors (Lipinski definition) is 3. The third kappa shape index (κ3) is 3.29. The first-order valence-electron chi connectivity index (χ1n) is 11.3. The Morgan fingerprint density at radius 1 is 0.893 bits per heavy atom. The molecule has 1 aromatic carbocycles. The van der Waals surface area contributed by atoms with Gasteiger partial charge >= 0.3 is 0 Å². The topological polar surface area (TPSA) is 41.4 Å². The lowest BCUT2D eigenvalue weighted by molar-refractivity contribution is -0.134. The summed E-state index contributed by atoms with van der Waals surface area (Å²) >= 11 is 0. The Morgan fingerprint density at radius 2 is 1.68 bits per heavy atom. The highest BCUT2D eigenvalue weighted by atomic mass is 16.2. The maximum Gasteiger partial charge on any atom is 0.227 e. The van der Waals surface area contributed by atoms with E-state index in [0.717, 1.165) is 50.5 Å². The number of carbonyl (C=O) groups excluding carboxylic acids is 1. The second-order valence-corrected chi connectivity index (χ2v) is 8.88. The fraction of sp³-hybridized carbons (Fsp3) is 0.652. The summed E-state index contributed by atoms with van der Waals surface area (Å²) in [6.45, 7) is 3.75. The molecule has 3 aliphatic rings. The van der Waals surface area contributed by atoms with Gasteiger partial charge < -0.3 is 14.4 Å². The number of likely N-dealkylation sites (tertiary alicyclic amines) is 1. The van der Waals surface area contributed by atoms with Gasteiger partial charge in [0, 0.05) is 32.2 Å². The molecule has 0 bridgehead atoms. The van der Waals surface area contributed by atoms with Gasteiger partial charge in [-0.15, -0.1) is 0 Å². The van der Waals surface area contributed by atoms with Crippen LogP contribution in [0.5, 0.6) is 0 Å². The van der Waals surface area contributed by atoms with Gasteiger partial charge in [0.2, 0.25) is 11.9 Å². The van der Waals surface area contributed by atoms with E-state index in [1.54, 1.807) is 0 Å². The van der Waals surface area contributed by atoms with Crippen molar-refractivity contribution in [2.75, 3.05) is 31.1 Å². The number of amides is 1. The van der Waals surface area contributed by atoms with E-state index in [2.05, 4.69) is 38.6 Å². The van der Waals surface area contributed by atoms with Crippen molar-refractivity contribution < 1.29 is 4.79 Å². The van der Waals surface area contributed by atoms with E-state index in [0.29, 0.717) is 11.9 Å². The first-order valence-corrected chi connectivity index (χ1v) is 11.3. The zero-order chi connectivity index (χ0) is 18.9. The number of piperidine rings is 1. The molecule has 1 aliphatic carbocycles. The zero-order valence-corrected chi connectivity index (χ0v) is 16.9. The van der Waals surface area contributed by atoms with Crippen LogP contribution in [-0.4, -0.2) is 46.5 Å². The lowest BCUT2D eigenvalue weighted by atomic mass is 9.94. The van der Waals surface area contributed by atoms with Crippen molar-refractivity contribution in [1.82, 2.24) is 14.5 Å². The van der Waals surface area contributed by atoms with Gasteiger partial charge in [-0.1, -0.05) is 31.4 Å². The molecule has 5 rings (SSSR count). The molecule has 28 heavy (non-hydrogen) atoms. The van der Waals surface area contributed by atoms with Crippen LogP contribution in [0.2, 0.25) is 0 Å². The Hall–Kier alpha value is -2.04. The van der Waals surface area contributed by atoms with Crippen molar-refractivity contribution >= 4 is 22.9 Å². The Bertz CT molecular complexity index is 832. The predicted octanol–water partition coefficient (Wildman–Crippen LogP) is 4.38. The van der Waals surface area contributed by atoms with Crippen LogP contribution < -0.4 is 4.90 Å². The summed E-state index contributed by atoms with van der Waals surface area (Å²) in [5, 5.41) is 0. The van der Waals surface area contributed by atoms with Crippen molar-refractivity contribution in [2.45, 2.75) is 63.8 Å². The monoisotopic (exact) mass is 380 g/mol. The van der Waals surface area contributed by atoms with Gasteiger partial charge in [0.25, 0.3) is 0 Å². The first-order chi connectivity index (χ1) is 13.8. The van der Waals surface area contributed by atoms with Crippen molar-refractivity contribution in [3.63, 3.8) is 0 Å². The number of carbonyl (C=O) groups is 1. The highest BCUT2D eigenvalue weighted by molar-refractivity contribution is 5.81. The van der Waals surface area contributed by atoms with Gasteiger partial charge in [0.15, 0.2) is 0 Å². The summed E-state index contributed by atoms with van der Waals surface area (Å²) in [6, 6.07) is 9.11. The fourth-order valence-electron chi connectivity index (χ4n) is 5.51. The number of benzene rings is 1. The number of nitrogens with zero attached hydrogens (tertiary/aromatic N) is 4. The van der Waals surface area contributed by atoms with Gasteiger partial charge in [-0.05, 0) is 50.7 Å². The minimum atomic E-state index is 0.131. The molecule has 0 spiro atoms. The van der Waals surface area contributed by atoms with Crippen LogP contribution in [0.1, 0.15) is 63.8 Å². The fourth-order valence-corrected chi connectivity index (χ4v) is 5.51. The van der Waals surface area contributed by atoms with Crippen LogP contribution in [-0.2, 0) is 4.79 Å². The Morgan fingerprint density at radius 3 is 2.50 bits per heavy atom. The average Bonchev–Trinajstić information content (AvgIpc) is 3.42. The summed E-state index contributed by atoms with van der Waals surface area (Å²) in [5.74, 6) is 1.61. The highest BCUT2D eigenvalue weighted by Crippen LogP contribution is 2.36. The summed E-state index contributed by atoms with van der Waals surface area (Å²) in [7, 11) is 0. The van der Waals surface area contributed by atoms with Gasteiger partial charge in [0.1, 0.15) is 0 Å². The number of aromatic nitrogens is 2. The molecule has 5 nitrogen and oxygen atoms in total. The number of anilines is 1. The lowest BCUT2D eigenvalue weighted by Gasteiger charge is -2.36. The molecule has 1 saturated carbocycles. The average molecular weight is 381 g/mol. The minimum absolute atomic E-state index is 0.131. The molecule has 5 heteroatoms. The number of fused-ring (bicyclic) bond motifs is 1. The van der Waals surface area contributed by atoms with Crippen LogP contribution in [0.3, 0.4) is 0 Å². The Labute approximate surface area is 167 Å². The molecule has 3 heterocycles. The molecule has 2 aromatic rings. The Kier molecular flexibility index (Phi) is 5.00. The molecule has 2 saturated heterocycles. The van der Waals surface area contributed by atoms with Crippen LogP contribution >= 0.6 is 0 Å². The van der Waals surface area contributed by atoms with Crippen LogP contribution in [0, 0.1) is 5.92 Å². The first kappa shape index (κ1) is 18.0. The zero-order valence-electron chi connectivity index (χ0n) is 16.9. The molecule has 0 N–H and O–H groups in total. The van der Waals surface area contributed by atoms with Gasteiger partial charge in [0.05, 0.1) is 17.0 Å². The smallest absolute Gasteiger partial charge is 0.227 e. The molecular formula is C23H32N4O. The SMILES string of the molecule is O=C(C1CCCN(c2nc3ccccc3n2C2CCCCC2)C1)N1CCCC1. The van der Waals surface area contributed by atoms with Gasteiger partial charge in [-0.2, -0.15) is 0 Å². The van der Waals surface area contributed by atoms with E-state index in [9.17, 15) is 4.79 Å². The molecule has 1 amide bonds. The lowest BCUT2D eigenvalue weighted by Crippen LogP contribution is -2.45. The van der Waals surface area contributed by atoms with Crippen LogP contribution in [0.4, 0.5) is 5.95 Å². The van der Waals surface area contributed by atoms with E-state index in [-0.39, 0.29) is 5.92 Å². The van der Waals surface area contributed by atoms with E-state index >= 15 is 0 Å². The maximum absolute atomic E-state index is 13.0. The second kappa shape index (κ2) is 7.76. The molecule has 1 unspecified atom stereocenters. The largest absolute Gasteiger partial charge is 0.342 e. The van der Waals surface area contributed by atoms with Crippen LogP contribution in [0.15, 0.2) is 24.3 Å². The molecule has 2 aliphatic heterocycles. The second-order valence-electron chi connectivity index (χ2n) is 8.88. The van der Waals surface area contributed by atoms with Gasteiger partial charge in [-0.25, -0.2) is 4.98 Å². The molecule has 1 atom stereocenters. The summed E-state index contributed by atoms with van der Waals surface area (Å²) < 4.78 is 2.51. The number of hydrogen-bond donors (Lipinski definition) is 0. The molecular weight excluding hydrogens is 348 g/mol. The molecule has 150 valence electrons. The third-order valence-electron chi connectivity index (χ3n) is 6.99. The summed E-state index contributed by atoms with van der Waals surface area (Å²) in [5.41, 5.74) is 2.36. The summed E-state index contributed by atoms with van der Waals surface area (Å²) in [6.07, 6.45) is 10.9.